The lowest BCUT2D eigenvalue weighted by molar-refractivity contribution is -0.205. The van der Waals surface area contributed by atoms with Crippen molar-refractivity contribution in [2.75, 3.05) is 13.6 Å². The number of aliphatic hydroxyl groups excluding tert-OH is 1. The molecule has 0 aliphatic carbocycles. The minimum atomic E-state index is -4.77. The summed E-state index contributed by atoms with van der Waals surface area (Å²) in [7, 11) is 1.20. The highest BCUT2D eigenvalue weighted by Gasteiger charge is 2.39. The highest BCUT2D eigenvalue weighted by atomic mass is 35.5. The van der Waals surface area contributed by atoms with E-state index in [1.54, 1.807) is 31.2 Å². The van der Waals surface area contributed by atoms with Crippen LogP contribution in [0, 0.1) is 6.92 Å². The molecule has 130 valence electrons. The number of thiazole rings is 1. The van der Waals surface area contributed by atoms with Crippen LogP contribution >= 0.6 is 22.9 Å². The van der Waals surface area contributed by atoms with Crippen molar-refractivity contribution in [1.82, 2.24) is 9.88 Å². The number of carbonyl (C=O) groups is 1. The van der Waals surface area contributed by atoms with E-state index in [0.29, 0.717) is 21.3 Å². The van der Waals surface area contributed by atoms with Crippen molar-refractivity contribution in [2.24, 2.45) is 0 Å². The molecule has 1 aromatic heterocycles. The first-order chi connectivity index (χ1) is 11.1. The molecular weight excluding hydrogens is 365 g/mol. The highest BCUT2D eigenvalue weighted by molar-refractivity contribution is 7.17. The second-order valence-corrected chi connectivity index (χ2v) is 6.62. The molecule has 4 nitrogen and oxygen atoms in total. The van der Waals surface area contributed by atoms with Gasteiger partial charge in [-0.05, 0) is 19.1 Å². The average Bonchev–Trinajstić information content (AvgIpc) is 2.87. The third-order valence-corrected chi connectivity index (χ3v) is 4.66. The molecule has 1 N–H and O–H groups in total. The molecule has 1 aromatic carbocycles. The Morgan fingerprint density at radius 3 is 2.71 bits per heavy atom. The number of aliphatic hydroxyl groups is 1. The van der Waals surface area contributed by atoms with Crippen molar-refractivity contribution in [1.29, 1.82) is 0 Å². The number of nitrogens with zero attached hydrogens (tertiary/aromatic N) is 2. The Bertz CT molecular complexity index is 749. The monoisotopic (exact) mass is 378 g/mol. The third kappa shape index (κ3) is 4.25. The summed E-state index contributed by atoms with van der Waals surface area (Å²) in [5.74, 6) is -0.624. The number of halogens is 4. The molecule has 0 aliphatic heterocycles. The molecule has 0 spiro atoms. The summed E-state index contributed by atoms with van der Waals surface area (Å²) in [6, 6.07) is 6.90. The second-order valence-electron chi connectivity index (χ2n) is 5.19. The summed E-state index contributed by atoms with van der Waals surface area (Å²) in [5, 5.41) is 10.1. The Morgan fingerprint density at radius 2 is 2.12 bits per heavy atom. The summed E-state index contributed by atoms with van der Waals surface area (Å²) in [6.07, 6.45) is -7.37. The van der Waals surface area contributed by atoms with E-state index in [1.165, 1.54) is 7.05 Å². The lowest BCUT2D eigenvalue weighted by Gasteiger charge is -2.22. The minimum Gasteiger partial charge on any atom is -0.382 e. The van der Waals surface area contributed by atoms with Gasteiger partial charge >= 0.3 is 6.18 Å². The largest absolute Gasteiger partial charge is 0.416 e. The number of alkyl halides is 3. The van der Waals surface area contributed by atoms with E-state index in [-0.39, 0.29) is 4.88 Å². The number of aromatic nitrogens is 1. The van der Waals surface area contributed by atoms with Crippen LogP contribution in [0.2, 0.25) is 5.02 Å². The Kier molecular flexibility index (Phi) is 5.52. The van der Waals surface area contributed by atoms with Crippen LogP contribution in [0.1, 0.15) is 15.4 Å². The zero-order chi connectivity index (χ0) is 18.1. The summed E-state index contributed by atoms with van der Waals surface area (Å²) in [5.41, 5.74) is 1.13. The number of rotatable bonds is 4. The van der Waals surface area contributed by atoms with Crippen LogP contribution in [-0.4, -0.2) is 46.8 Å². The molecule has 2 aromatic rings. The van der Waals surface area contributed by atoms with Gasteiger partial charge in [0.05, 0.1) is 12.2 Å². The Hall–Kier alpha value is -1.64. The maximum atomic E-state index is 12.4. The molecule has 0 aliphatic rings. The minimum absolute atomic E-state index is 0.224. The number of benzene rings is 1. The van der Waals surface area contributed by atoms with E-state index in [0.717, 1.165) is 16.2 Å². The van der Waals surface area contributed by atoms with E-state index >= 15 is 0 Å². The van der Waals surface area contributed by atoms with Crippen molar-refractivity contribution >= 4 is 28.8 Å². The first-order valence-electron chi connectivity index (χ1n) is 6.83. The maximum Gasteiger partial charge on any atom is 0.416 e. The van der Waals surface area contributed by atoms with Crippen molar-refractivity contribution in [2.45, 2.75) is 19.2 Å². The van der Waals surface area contributed by atoms with Crippen LogP contribution in [0.5, 0.6) is 0 Å². The lowest BCUT2D eigenvalue weighted by atomic mass is 10.2. The van der Waals surface area contributed by atoms with Gasteiger partial charge in [0.25, 0.3) is 5.91 Å². The van der Waals surface area contributed by atoms with Gasteiger partial charge in [-0.25, -0.2) is 4.98 Å². The smallest absolute Gasteiger partial charge is 0.382 e. The molecule has 1 heterocycles. The normalized spacial score (nSPS) is 13.0. The number of likely N-dealkylation sites (N-methyl/N-ethyl adjacent to an activating group) is 1. The van der Waals surface area contributed by atoms with Gasteiger partial charge in [-0.1, -0.05) is 23.7 Å². The maximum absolute atomic E-state index is 12.4. The van der Waals surface area contributed by atoms with E-state index < -0.39 is 24.7 Å². The molecule has 0 fully saturated rings. The standard InChI is InChI=1S/C15H14ClF3N2O2S/c1-8-12(14(23)21(2)7-11(22)15(17,18)19)24-13(20-8)9-4-3-5-10(16)6-9/h3-6,11,22H,7H2,1-2H3/t11-/m1/s1. The number of aryl methyl sites for hydroxylation is 1. The van der Waals surface area contributed by atoms with Crippen LogP contribution in [0.15, 0.2) is 24.3 Å². The first kappa shape index (κ1) is 18.7. The van der Waals surface area contributed by atoms with Crippen molar-refractivity contribution in [3.05, 3.63) is 39.9 Å². The molecule has 0 radical (unpaired) electrons. The fourth-order valence-corrected chi connectivity index (χ4v) is 3.21. The Labute approximate surface area is 145 Å². The van der Waals surface area contributed by atoms with Gasteiger partial charge in [-0.2, -0.15) is 13.2 Å². The molecule has 1 atom stereocenters. The highest BCUT2D eigenvalue weighted by Crippen LogP contribution is 2.30. The number of hydrogen-bond acceptors (Lipinski definition) is 4. The summed E-state index contributed by atoms with van der Waals surface area (Å²) in [6.45, 7) is 0.762. The Morgan fingerprint density at radius 1 is 1.46 bits per heavy atom. The topological polar surface area (TPSA) is 53.4 Å². The molecule has 0 bridgehead atoms. The predicted molar refractivity (Wildman–Crippen MR) is 86.3 cm³/mol. The number of hydrogen-bond donors (Lipinski definition) is 1. The summed E-state index contributed by atoms with van der Waals surface area (Å²) < 4.78 is 37.2. The van der Waals surface area contributed by atoms with Gasteiger partial charge in [-0.3, -0.25) is 4.79 Å². The van der Waals surface area contributed by atoms with E-state index in [1.807, 2.05) is 0 Å². The molecule has 24 heavy (non-hydrogen) atoms. The average molecular weight is 379 g/mol. The van der Waals surface area contributed by atoms with Crippen LogP contribution in [0.4, 0.5) is 13.2 Å². The van der Waals surface area contributed by atoms with Crippen LogP contribution in [-0.2, 0) is 0 Å². The fourth-order valence-electron chi connectivity index (χ4n) is 1.96. The van der Waals surface area contributed by atoms with Crippen molar-refractivity contribution in [3.63, 3.8) is 0 Å². The van der Waals surface area contributed by atoms with E-state index in [2.05, 4.69) is 4.98 Å². The molecule has 0 saturated carbocycles. The molecular formula is C15H14ClF3N2O2S. The van der Waals surface area contributed by atoms with Gasteiger partial charge in [0.15, 0.2) is 6.10 Å². The fraction of sp³-hybridized carbons (Fsp3) is 0.333. The van der Waals surface area contributed by atoms with Gasteiger partial charge < -0.3 is 10.0 Å². The van der Waals surface area contributed by atoms with Gasteiger partial charge in [-0.15, -0.1) is 11.3 Å². The quantitative estimate of drug-likeness (QED) is 0.881. The van der Waals surface area contributed by atoms with Gasteiger partial charge in [0, 0.05) is 17.6 Å². The molecule has 9 heteroatoms. The second kappa shape index (κ2) is 7.08. The molecule has 1 amide bonds. The van der Waals surface area contributed by atoms with Crippen LogP contribution in [0.25, 0.3) is 10.6 Å². The number of carbonyl (C=O) groups excluding carboxylic acids is 1. The summed E-state index contributed by atoms with van der Waals surface area (Å²) >= 11 is 6.99. The molecule has 0 unspecified atom stereocenters. The van der Waals surface area contributed by atoms with Crippen LogP contribution in [0.3, 0.4) is 0 Å². The van der Waals surface area contributed by atoms with Crippen molar-refractivity contribution in [3.8, 4) is 10.6 Å². The van der Waals surface area contributed by atoms with E-state index in [4.69, 9.17) is 16.7 Å². The molecule has 2 rings (SSSR count). The summed E-state index contributed by atoms with van der Waals surface area (Å²) in [4.78, 5) is 17.7. The van der Waals surface area contributed by atoms with Gasteiger partial charge in [0.2, 0.25) is 0 Å². The number of amides is 1. The molecule has 0 saturated heterocycles. The van der Waals surface area contributed by atoms with Gasteiger partial charge in [0.1, 0.15) is 9.88 Å². The zero-order valence-corrected chi connectivity index (χ0v) is 14.3. The third-order valence-electron chi connectivity index (χ3n) is 3.23. The SMILES string of the molecule is Cc1nc(-c2cccc(Cl)c2)sc1C(=O)N(C)C[C@@H](O)C(F)(F)F. The zero-order valence-electron chi connectivity index (χ0n) is 12.8. The van der Waals surface area contributed by atoms with E-state index in [9.17, 15) is 18.0 Å². The predicted octanol–water partition coefficient (Wildman–Crippen LogP) is 3.77. The first-order valence-corrected chi connectivity index (χ1v) is 8.02. The van der Waals surface area contributed by atoms with Crippen LogP contribution < -0.4 is 0 Å². The van der Waals surface area contributed by atoms with Crippen molar-refractivity contribution < 1.29 is 23.1 Å². The Balaban J connectivity index is 2.22. The lowest BCUT2D eigenvalue weighted by Crippen LogP contribution is -2.41.